The molecule has 0 radical (unpaired) electrons. The van der Waals surface area contributed by atoms with Crippen molar-refractivity contribution in [2.45, 2.75) is 60.3 Å². The molecule has 0 aliphatic rings. The lowest BCUT2D eigenvalue weighted by molar-refractivity contribution is 0.103. The molecule has 32 heavy (non-hydrogen) atoms. The zero-order valence-electron chi connectivity index (χ0n) is 20.3. The smallest absolute Gasteiger partial charge is 0.197 e. The fraction of sp³-hybridized carbons (Fsp3) is 0.464. The number of aryl methyl sites for hydroxylation is 3. The molecule has 0 unspecified atom stereocenters. The predicted octanol–water partition coefficient (Wildman–Crippen LogP) is 6.60. The van der Waals surface area contributed by atoms with Gasteiger partial charge < -0.3 is 14.1 Å². The molecule has 0 atom stereocenters. The number of furan rings is 1. The maximum atomic E-state index is 13.7. The van der Waals surface area contributed by atoms with Gasteiger partial charge in [0.05, 0.1) is 5.56 Å². The van der Waals surface area contributed by atoms with Gasteiger partial charge >= 0.3 is 0 Å². The number of carbonyl (C=O) groups is 1. The van der Waals surface area contributed by atoms with Crippen LogP contribution in [0.5, 0.6) is 5.75 Å². The number of carbonyl (C=O) groups excluding carboxylic acids is 1. The summed E-state index contributed by atoms with van der Waals surface area (Å²) in [4.78, 5) is 16.1. The third kappa shape index (κ3) is 5.24. The number of hydrogen-bond acceptors (Lipinski definition) is 4. The fourth-order valence-electron chi connectivity index (χ4n) is 4.27. The van der Waals surface area contributed by atoms with Crippen LogP contribution in [0.4, 0.5) is 0 Å². The largest absolute Gasteiger partial charge is 0.492 e. The van der Waals surface area contributed by atoms with E-state index in [0.717, 1.165) is 78.9 Å². The van der Waals surface area contributed by atoms with Crippen molar-refractivity contribution in [2.75, 3.05) is 26.2 Å². The van der Waals surface area contributed by atoms with Crippen molar-refractivity contribution in [2.24, 2.45) is 0 Å². The molecule has 0 saturated carbocycles. The molecule has 0 aliphatic carbocycles. The van der Waals surface area contributed by atoms with Crippen molar-refractivity contribution < 1.29 is 13.9 Å². The van der Waals surface area contributed by atoms with Crippen molar-refractivity contribution >= 4 is 16.8 Å². The number of rotatable bonds is 12. The van der Waals surface area contributed by atoms with Crippen LogP contribution in [0.25, 0.3) is 11.0 Å². The van der Waals surface area contributed by atoms with Crippen molar-refractivity contribution in [3.8, 4) is 5.75 Å². The van der Waals surface area contributed by atoms with Gasteiger partial charge in [0.15, 0.2) is 5.78 Å². The Morgan fingerprint density at radius 3 is 2.50 bits per heavy atom. The average Bonchev–Trinajstić information content (AvgIpc) is 3.18. The number of benzene rings is 2. The molecule has 0 aliphatic heterocycles. The van der Waals surface area contributed by atoms with Gasteiger partial charge in [0.2, 0.25) is 0 Å². The van der Waals surface area contributed by atoms with Gasteiger partial charge in [-0.15, -0.1) is 0 Å². The van der Waals surface area contributed by atoms with Crippen molar-refractivity contribution in [3.05, 3.63) is 64.4 Å². The van der Waals surface area contributed by atoms with E-state index < -0.39 is 0 Å². The van der Waals surface area contributed by atoms with E-state index in [1.54, 1.807) is 0 Å². The van der Waals surface area contributed by atoms with Crippen LogP contribution in [0.15, 0.2) is 40.8 Å². The number of ether oxygens (including phenoxy) is 1. The summed E-state index contributed by atoms with van der Waals surface area (Å²) in [6.45, 7) is 14.2. The highest BCUT2D eigenvalue weighted by atomic mass is 16.5. The highest BCUT2D eigenvalue weighted by Gasteiger charge is 2.23. The first-order chi connectivity index (χ1) is 15.5. The van der Waals surface area contributed by atoms with E-state index >= 15 is 0 Å². The van der Waals surface area contributed by atoms with E-state index in [4.69, 9.17) is 9.15 Å². The highest BCUT2D eigenvalue weighted by molar-refractivity contribution is 6.17. The standard InChI is InChI=1S/C28H37NO3/c1-6-10-14-25-26(23-13-11-12-15-24(23)32-25)27(30)22-18-20(5)28(21(7-2)19-22)31-17-16-29(8-3)9-4/h11-13,15,18-19H,6-10,14,16-17H2,1-5H3. The predicted molar refractivity (Wildman–Crippen MR) is 132 cm³/mol. The second-order valence-electron chi connectivity index (χ2n) is 8.34. The molecular weight excluding hydrogens is 398 g/mol. The molecule has 2 aromatic carbocycles. The van der Waals surface area contributed by atoms with Crippen molar-refractivity contribution in [1.82, 2.24) is 4.90 Å². The van der Waals surface area contributed by atoms with Gasteiger partial charge in [0, 0.05) is 23.9 Å². The summed E-state index contributed by atoms with van der Waals surface area (Å²) < 4.78 is 12.3. The molecule has 4 heteroatoms. The Morgan fingerprint density at radius 1 is 1.06 bits per heavy atom. The Balaban J connectivity index is 1.93. The maximum absolute atomic E-state index is 13.7. The van der Waals surface area contributed by atoms with Crippen LogP contribution in [0.3, 0.4) is 0 Å². The zero-order valence-corrected chi connectivity index (χ0v) is 20.3. The third-order valence-electron chi connectivity index (χ3n) is 6.20. The number of hydrogen-bond donors (Lipinski definition) is 0. The van der Waals surface area contributed by atoms with Crippen LogP contribution < -0.4 is 4.74 Å². The van der Waals surface area contributed by atoms with Crippen LogP contribution in [0.2, 0.25) is 0 Å². The number of ketones is 1. The van der Waals surface area contributed by atoms with E-state index in [1.807, 2.05) is 43.3 Å². The molecule has 1 aromatic heterocycles. The molecule has 0 amide bonds. The van der Waals surface area contributed by atoms with Crippen LogP contribution in [0.1, 0.15) is 73.3 Å². The minimum Gasteiger partial charge on any atom is -0.492 e. The molecule has 0 fully saturated rings. The SMILES string of the molecule is CCCCc1oc2ccccc2c1C(=O)c1cc(C)c(OCCN(CC)CC)c(CC)c1. The van der Waals surface area contributed by atoms with Crippen LogP contribution >= 0.6 is 0 Å². The highest BCUT2D eigenvalue weighted by Crippen LogP contribution is 2.32. The van der Waals surface area contributed by atoms with Gasteiger partial charge in [-0.1, -0.05) is 52.3 Å². The molecule has 3 aromatic rings. The zero-order chi connectivity index (χ0) is 23.1. The lowest BCUT2D eigenvalue weighted by Gasteiger charge is -2.20. The molecule has 172 valence electrons. The summed E-state index contributed by atoms with van der Waals surface area (Å²) in [5.74, 6) is 1.75. The first-order valence-electron chi connectivity index (χ1n) is 12.1. The van der Waals surface area contributed by atoms with Gasteiger partial charge in [0.1, 0.15) is 23.7 Å². The number of para-hydroxylation sites is 1. The molecular formula is C28H37NO3. The Hall–Kier alpha value is -2.59. The van der Waals surface area contributed by atoms with Crippen LogP contribution in [-0.4, -0.2) is 36.9 Å². The maximum Gasteiger partial charge on any atom is 0.197 e. The molecule has 1 heterocycles. The summed E-state index contributed by atoms with van der Waals surface area (Å²) in [6, 6.07) is 11.8. The lowest BCUT2D eigenvalue weighted by Crippen LogP contribution is -2.28. The summed E-state index contributed by atoms with van der Waals surface area (Å²) >= 11 is 0. The normalized spacial score (nSPS) is 11.4. The summed E-state index contributed by atoms with van der Waals surface area (Å²) in [5.41, 5.74) is 4.29. The van der Waals surface area contributed by atoms with Crippen LogP contribution in [-0.2, 0) is 12.8 Å². The van der Waals surface area contributed by atoms with E-state index in [0.29, 0.717) is 17.7 Å². The second-order valence-corrected chi connectivity index (χ2v) is 8.34. The van der Waals surface area contributed by atoms with Gasteiger partial charge in [-0.3, -0.25) is 4.79 Å². The van der Waals surface area contributed by atoms with Gasteiger partial charge in [-0.2, -0.15) is 0 Å². The second kappa shape index (κ2) is 11.3. The first kappa shape index (κ1) is 24.1. The molecule has 4 nitrogen and oxygen atoms in total. The Labute approximate surface area is 192 Å². The lowest BCUT2D eigenvalue weighted by atomic mass is 9.94. The minimum atomic E-state index is 0.0357. The Morgan fingerprint density at radius 2 is 1.81 bits per heavy atom. The van der Waals surface area contributed by atoms with Gasteiger partial charge in [-0.25, -0.2) is 0 Å². The first-order valence-corrected chi connectivity index (χ1v) is 12.1. The van der Waals surface area contributed by atoms with E-state index in [9.17, 15) is 4.79 Å². The fourth-order valence-corrected chi connectivity index (χ4v) is 4.27. The van der Waals surface area contributed by atoms with Gasteiger partial charge in [-0.05, 0) is 62.2 Å². The van der Waals surface area contributed by atoms with E-state index in [2.05, 4.69) is 32.6 Å². The quantitative estimate of drug-likeness (QED) is 0.301. The van der Waals surface area contributed by atoms with E-state index in [-0.39, 0.29) is 5.78 Å². The Kier molecular flexibility index (Phi) is 8.52. The summed E-state index contributed by atoms with van der Waals surface area (Å²) in [6.07, 6.45) is 3.65. The average molecular weight is 436 g/mol. The molecule has 0 bridgehead atoms. The molecule has 0 N–H and O–H groups in total. The topological polar surface area (TPSA) is 42.7 Å². The summed E-state index contributed by atoms with van der Waals surface area (Å²) in [5, 5.41) is 0.902. The van der Waals surface area contributed by atoms with Crippen molar-refractivity contribution in [1.29, 1.82) is 0 Å². The number of nitrogens with zero attached hydrogens (tertiary/aromatic N) is 1. The molecule has 0 spiro atoms. The monoisotopic (exact) mass is 435 g/mol. The summed E-state index contributed by atoms with van der Waals surface area (Å²) in [7, 11) is 0. The molecule has 3 rings (SSSR count). The Bertz CT molecular complexity index is 1050. The third-order valence-corrected chi connectivity index (χ3v) is 6.20. The number of fused-ring (bicyclic) bond motifs is 1. The number of unbranched alkanes of at least 4 members (excludes halogenated alkanes) is 1. The van der Waals surface area contributed by atoms with Gasteiger partial charge in [0.25, 0.3) is 0 Å². The molecule has 0 saturated heterocycles. The van der Waals surface area contributed by atoms with E-state index in [1.165, 1.54) is 0 Å². The van der Waals surface area contributed by atoms with Crippen molar-refractivity contribution in [3.63, 3.8) is 0 Å². The van der Waals surface area contributed by atoms with Crippen LogP contribution in [0, 0.1) is 6.92 Å². The number of likely N-dealkylation sites (N-methyl/N-ethyl adjacent to an activating group) is 1. The minimum absolute atomic E-state index is 0.0357.